The summed E-state index contributed by atoms with van der Waals surface area (Å²) in [6.07, 6.45) is 1.53. The fourth-order valence-electron chi connectivity index (χ4n) is 2.57. The lowest BCUT2D eigenvalue weighted by atomic mass is 10.2. The average molecular weight is 400 g/mol. The summed E-state index contributed by atoms with van der Waals surface area (Å²) in [5.74, 6) is 0.869. The molecule has 1 amide bonds. The molecule has 0 aliphatic rings. The van der Waals surface area contributed by atoms with E-state index < -0.39 is 10.0 Å². The molecule has 1 heterocycles. The minimum atomic E-state index is -3.78. The number of hydrogen-bond donors (Lipinski definition) is 1. The molecular formula is C20H20N2O5S. The topological polar surface area (TPSA) is 88.9 Å². The monoisotopic (exact) mass is 400 g/mol. The van der Waals surface area contributed by atoms with Gasteiger partial charge in [-0.2, -0.15) is 0 Å². The van der Waals surface area contributed by atoms with Crippen LogP contribution in [0.4, 0.5) is 5.69 Å². The number of anilines is 1. The van der Waals surface area contributed by atoms with Crippen molar-refractivity contribution in [2.45, 2.75) is 11.4 Å². The highest BCUT2D eigenvalue weighted by Crippen LogP contribution is 2.24. The van der Waals surface area contributed by atoms with Gasteiger partial charge in [-0.25, -0.2) is 8.42 Å². The smallest absolute Gasteiger partial charge is 0.264 e. The van der Waals surface area contributed by atoms with E-state index >= 15 is 0 Å². The Labute approximate surface area is 163 Å². The summed E-state index contributed by atoms with van der Waals surface area (Å²) in [6.45, 7) is 0.246. The van der Waals surface area contributed by atoms with Crippen molar-refractivity contribution < 1.29 is 22.4 Å². The number of carbonyl (C=O) groups excluding carboxylic acids is 1. The van der Waals surface area contributed by atoms with Crippen LogP contribution in [0.25, 0.3) is 0 Å². The number of benzene rings is 2. The fourth-order valence-corrected chi connectivity index (χ4v) is 3.76. The minimum Gasteiger partial charge on any atom is -0.497 e. The maximum absolute atomic E-state index is 12.9. The summed E-state index contributed by atoms with van der Waals surface area (Å²) in [6, 6.07) is 16.0. The summed E-state index contributed by atoms with van der Waals surface area (Å²) in [4.78, 5) is 12.5. The third-order valence-electron chi connectivity index (χ3n) is 4.19. The van der Waals surface area contributed by atoms with Gasteiger partial charge in [0.2, 0.25) is 0 Å². The Kier molecular flexibility index (Phi) is 5.70. The largest absolute Gasteiger partial charge is 0.497 e. The van der Waals surface area contributed by atoms with Gasteiger partial charge in [-0.05, 0) is 54.6 Å². The van der Waals surface area contributed by atoms with E-state index in [4.69, 9.17) is 9.15 Å². The van der Waals surface area contributed by atoms with E-state index in [9.17, 15) is 13.2 Å². The molecule has 0 aliphatic heterocycles. The normalized spacial score (nSPS) is 11.1. The number of furan rings is 1. The molecule has 0 atom stereocenters. The SMILES string of the molecule is COc1ccc(S(=O)(=O)N(C)c2cccc(C(=O)NCc3ccco3)c2)cc1. The molecule has 3 rings (SSSR count). The molecule has 146 valence electrons. The molecule has 8 heteroatoms. The summed E-state index contributed by atoms with van der Waals surface area (Å²) >= 11 is 0. The molecule has 1 N–H and O–H groups in total. The minimum absolute atomic E-state index is 0.128. The number of carbonyl (C=O) groups is 1. The van der Waals surface area contributed by atoms with Crippen LogP contribution in [0.3, 0.4) is 0 Å². The molecule has 0 radical (unpaired) electrons. The van der Waals surface area contributed by atoms with Gasteiger partial charge in [0.1, 0.15) is 11.5 Å². The second-order valence-electron chi connectivity index (χ2n) is 5.96. The first kappa shape index (κ1) is 19.5. The first-order valence-corrected chi connectivity index (χ1v) is 9.89. The van der Waals surface area contributed by atoms with Gasteiger partial charge in [-0.15, -0.1) is 0 Å². The number of methoxy groups -OCH3 is 1. The first-order valence-electron chi connectivity index (χ1n) is 8.45. The Morgan fingerprint density at radius 1 is 1.11 bits per heavy atom. The van der Waals surface area contributed by atoms with Crippen molar-refractivity contribution in [3.8, 4) is 5.75 Å². The van der Waals surface area contributed by atoms with Gasteiger partial charge in [0.15, 0.2) is 0 Å². The van der Waals surface area contributed by atoms with Crippen LogP contribution in [0, 0.1) is 0 Å². The van der Waals surface area contributed by atoms with Gasteiger partial charge in [-0.3, -0.25) is 9.10 Å². The van der Waals surface area contributed by atoms with E-state index in [1.54, 1.807) is 42.5 Å². The number of nitrogens with one attached hydrogen (secondary N) is 1. The predicted molar refractivity (Wildman–Crippen MR) is 105 cm³/mol. The molecule has 0 aliphatic carbocycles. The third-order valence-corrected chi connectivity index (χ3v) is 5.99. The summed E-state index contributed by atoms with van der Waals surface area (Å²) < 4.78 is 37.1. The van der Waals surface area contributed by atoms with Crippen molar-refractivity contribution in [2.24, 2.45) is 0 Å². The van der Waals surface area contributed by atoms with Crippen molar-refractivity contribution in [3.63, 3.8) is 0 Å². The van der Waals surface area contributed by atoms with Gasteiger partial charge in [0.05, 0.1) is 30.5 Å². The highest BCUT2D eigenvalue weighted by molar-refractivity contribution is 7.92. The summed E-state index contributed by atoms with van der Waals surface area (Å²) in [5.41, 5.74) is 0.724. The number of sulfonamides is 1. The Hall–Kier alpha value is -3.26. The average Bonchev–Trinajstić information content (AvgIpc) is 3.25. The van der Waals surface area contributed by atoms with Crippen LogP contribution in [-0.2, 0) is 16.6 Å². The lowest BCUT2D eigenvalue weighted by Gasteiger charge is -2.20. The third kappa shape index (κ3) is 4.17. The van der Waals surface area contributed by atoms with Crippen molar-refractivity contribution >= 4 is 21.6 Å². The first-order chi connectivity index (χ1) is 13.4. The van der Waals surface area contributed by atoms with E-state index in [1.165, 1.54) is 38.6 Å². The zero-order valence-corrected chi connectivity index (χ0v) is 16.3. The molecule has 0 fully saturated rings. The molecule has 2 aromatic carbocycles. The molecule has 0 bridgehead atoms. The van der Waals surface area contributed by atoms with Gasteiger partial charge >= 0.3 is 0 Å². The van der Waals surface area contributed by atoms with E-state index in [0.717, 1.165) is 4.31 Å². The molecule has 0 spiro atoms. The fraction of sp³-hybridized carbons (Fsp3) is 0.150. The highest BCUT2D eigenvalue weighted by atomic mass is 32.2. The number of hydrogen-bond acceptors (Lipinski definition) is 5. The Morgan fingerprint density at radius 3 is 2.50 bits per heavy atom. The number of nitrogens with zero attached hydrogens (tertiary/aromatic N) is 1. The van der Waals surface area contributed by atoms with Crippen LogP contribution in [0.2, 0.25) is 0 Å². The quantitative estimate of drug-likeness (QED) is 0.658. The van der Waals surface area contributed by atoms with E-state index in [0.29, 0.717) is 22.8 Å². The molecule has 3 aromatic rings. The Balaban J connectivity index is 1.78. The molecule has 28 heavy (non-hydrogen) atoms. The molecule has 0 saturated carbocycles. The van der Waals surface area contributed by atoms with Crippen LogP contribution in [0.5, 0.6) is 5.75 Å². The molecule has 0 saturated heterocycles. The Morgan fingerprint density at radius 2 is 1.86 bits per heavy atom. The molecule has 1 aromatic heterocycles. The zero-order valence-electron chi connectivity index (χ0n) is 15.5. The standard InChI is InChI=1S/C20H20N2O5S/c1-22(28(24,25)19-10-8-17(26-2)9-11-19)16-6-3-5-15(13-16)20(23)21-14-18-7-4-12-27-18/h3-13H,14H2,1-2H3,(H,21,23). The van der Waals surface area contributed by atoms with Crippen LogP contribution in [0.1, 0.15) is 16.1 Å². The maximum Gasteiger partial charge on any atom is 0.264 e. The Bertz CT molecular complexity index is 1040. The van der Waals surface area contributed by atoms with Gasteiger partial charge in [0, 0.05) is 12.6 Å². The maximum atomic E-state index is 12.9. The lowest BCUT2D eigenvalue weighted by Crippen LogP contribution is -2.27. The van der Waals surface area contributed by atoms with Crippen molar-refractivity contribution in [2.75, 3.05) is 18.5 Å². The van der Waals surface area contributed by atoms with E-state index in [1.807, 2.05) is 0 Å². The highest BCUT2D eigenvalue weighted by Gasteiger charge is 2.22. The number of rotatable bonds is 7. The number of ether oxygens (including phenoxy) is 1. The van der Waals surface area contributed by atoms with Gasteiger partial charge < -0.3 is 14.5 Å². The second kappa shape index (κ2) is 8.18. The van der Waals surface area contributed by atoms with Crippen molar-refractivity contribution in [1.82, 2.24) is 5.32 Å². The van der Waals surface area contributed by atoms with E-state index in [2.05, 4.69) is 5.32 Å². The van der Waals surface area contributed by atoms with Crippen molar-refractivity contribution in [3.05, 3.63) is 78.3 Å². The van der Waals surface area contributed by atoms with Crippen LogP contribution in [-0.4, -0.2) is 28.5 Å². The van der Waals surface area contributed by atoms with Crippen LogP contribution in [0.15, 0.2) is 76.2 Å². The van der Waals surface area contributed by atoms with E-state index in [-0.39, 0.29) is 17.3 Å². The summed E-state index contributed by atoms with van der Waals surface area (Å²) in [7, 11) is -0.820. The zero-order chi connectivity index (χ0) is 20.1. The summed E-state index contributed by atoms with van der Waals surface area (Å²) in [5, 5.41) is 2.74. The molecule has 0 unspecified atom stereocenters. The van der Waals surface area contributed by atoms with Crippen LogP contribution < -0.4 is 14.4 Å². The van der Waals surface area contributed by atoms with Crippen molar-refractivity contribution in [1.29, 1.82) is 0 Å². The molecule has 7 nitrogen and oxygen atoms in total. The second-order valence-corrected chi connectivity index (χ2v) is 7.93. The molecular weight excluding hydrogens is 380 g/mol. The lowest BCUT2D eigenvalue weighted by molar-refractivity contribution is 0.0948. The van der Waals surface area contributed by atoms with Gasteiger partial charge in [-0.1, -0.05) is 6.07 Å². The predicted octanol–water partition coefficient (Wildman–Crippen LogP) is 3.04. The number of amides is 1. The van der Waals surface area contributed by atoms with Gasteiger partial charge in [0.25, 0.3) is 15.9 Å². The van der Waals surface area contributed by atoms with Crippen LogP contribution >= 0.6 is 0 Å².